The molecule has 0 bridgehead atoms. The monoisotopic (exact) mass is 308 g/mol. The summed E-state index contributed by atoms with van der Waals surface area (Å²) in [6.45, 7) is 5.13. The van der Waals surface area contributed by atoms with Crippen LogP contribution < -0.4 is 5.73 Å². The van der Waals surface area contributed by atoms with Crippen LogP contribution in [0.2, 0.25) is 0 Å². The third-order valence-corrected chi connectivity index (χ3v) is 4.00. The first-order chi connectivity index (χ1) is 9.70. The highest BCUT2D eigenvalue weighted by atomic mass is 35.5. The molecule has 1 aromatic rings. The van der Waals surface area contributed by atoms with Gasteiger partial charge in [0, 0.05) is 25.0 Å². The zero-order valence-electron chi connectivity index (χ0n) is 12.4. The summed E-state index contributed by atoms with van der Waals surface area (Å²) in [5.41, 5.74) is 7.17. The quantitative estimate of drug-likeness (QED) is 0.821. The molecule has 2 unspecified atom stereocenters. The van der Waals surface area contributed by atoms with E-state index in [0.29, 0.717) is 6.54 Å². The number of hydrogen-bond acceptors (Lipinski definition) is 2. The van der Waals surface area contributed by atoms with Crippen molar-refractivity contribution in [2.24, 2.45) is 11.7 Å². The summed E-state index contributed by atoms with van der Waals surface area (Å²) in [6.07, 6.45) is 5.42. The highest BCUT2D eigenvalue weighted by molar-refractivity contribution is 5.85. The minimum absolute atomic E-state index is 0. The smallest absolute Gasteiger partial charge is 0.226 e. The van der Waals surface area contributed by atoms with E-state index >= 15 is 0 Å². The van der Waals surface area contributed by atoms with Crippen LogP contribution in [-0.4, -0.2) is 29.9 Å². The summed E-state index contributed by atoms with van der Waals surface area (Å²) in [6, 6.07) is 10.5. The molecule has 1 aliphatic rings. The van der Waals surface area contributed by atoms with Gasteiger partial charge in [0.25, 0.3) is 0 Å². The third kappa shape index (κ3) is 5.18. The predicted molar refractivity (Wildman–Crippen MR) is 89.5 cm³/mol. The van der Waals surface area contributed by atoms with Crippen LogP contribution in [-0.2, 0) is 11.2 Å². The summed E-state index contributed by atoms with van der Waals surface area (Å²) < 4.78 is 0. The molecule has 2 N–H and O–H groups in total. The molecule has 3 nitrogen and oxygen atoms in total. The summed E-state index contributed by atoms with van der Waals surface area (Å²) in [5.74, 6) is 0.356. The van der Waals surface area contributed by atoms with E-state index in [2.05, 4.69) is 18.7 Å². The molecule has 1 fully saturated rings. The highest BCUT2D eigenvalue weighted by Crippen LogP contribution is 2.26. The van der Waals surface area contributed by atoms with Crippen molar-refractivity contribution in [3.63, 3.8) is 0 Å². The second-order valence-electron chi connectivity index (χ2n) is 5.58. The van der Waals surface area contributed by atoms with E-state index in [9.17, 15) is 4.79 Å². The number of carbonyl (C=O) groups is 1. The van der Waals surface area contributed by atoms with E-state index in [-0.39, 0.29) is 30.3 Å². The lowest BCUT2D eigenvalue weighted by molar-refractivity contribution is -0.134. The lowest BCUT2D eigenvalue weighted by atomic mass is 10.1. The number of halogens is 1. The predicted octanol–water partition coefficient (Wildman–Crippen LogP) is 2.79. The zero-order chi connectivity index (χ0) is 14.4. The summed E-state index contributed by atoms with van der Waals surface area (Å²) in [5, 5.41) is 0. The van der Waals surface area contributed by atoms with Crippen molar-refractivity contribution in [3.8, 4) is 0 Å². The topological polar surface area (TPSA) is 46.3 Å². The summed E-state index contributed by atoms with van der Waals surface area (Å²) in [7, 11) is 0. The van der Waals surface area contributed by atoms with Crippen molar-refractivity contribution in [2.75, 3.05) is 13.1 Å². The van der Waals surface area contributed by atoms with Crippen LogP contribution in [0.25, 0.3) is 0 Å². The molecule has 1 saturated carbocycles. The number of carbonyl (C=O) groups excluding carboxylic acids is 1. The van der Waals surface area contributed by atoms with E-state index in [1.165, 1.54) is 5.56 Å². The number of hydrogen-bond donors (Lipinski definition) is 1. The Bertz CT molecular complexity index is 449. The second-order valence-corrected chi connectivity index (χ2v) is 5.58. The first kappa shape index (κ1) is 17.7. The van der Waals surface area contributed by atoms with Gasteiger partial charge in [-0.05, 0) is 31.2 Å². The fourth-order valence-corrected chi connectivity index (χ4v) is 2.85. The average molecular weight is 309 g/mol. The first-order valence-corrected chi connectivity index (χ1v) is 7.40. The molecule has 0 radical (unpaired) electrons. The van der Waals surface area contributed by atoms with Crippen LogP contribution in [0.5, 0.6) is 0 Å². The number of benzene rings is 1. The van der Waals surface area contributed by atoms with Gasteiger partial charge in [-0.3, -0.25) is 4.79 Å². The van der Waals surface area contributed by atoms with Gasteiger partial charge in [-0.1, -0.05) is 36.4 Å². The molecule has 0 aliphatic heterocycles. The Morgan fingerprint density at radius 2 is 2.05 bits per heavy atom. The minimum Gasteiger partial charge on any atom is -0.338 e. The molecule has 4 heteroatoms. The number of rotatable bonds is 6. The fraction of sp³-hybridized carbons (Fsp3) is 0.471. The SMILES string of the molecule is C=CCN(CCc1ccccc1)C(=O)C1CCC(N)C1.Cl. The third-order valence-electron chi connectivity index (χ3n) is 4.00. The van der Waals surface area contributed by atoms with Crippen molar-refractivity contribution in [3.05, 3.63) is 48.6 Å². The van der Waals surface area contributed by atoms with Crippen molar-refractivity contribution < 1.29 is 4.79 Å². The normalized spacial score (nSPS) is 20.6. The van der Waals surface area contributed by atoms with Crippen molar-refractivity contribution in [1.29, 1.82) is 0 Å². The number of nitrogens with zero attached hydrogens (tertiary/aromatic N) is 1. The summed E-state index contributed by atoms with van der Waals surface area (Å²) >= 11 is 0. The van der Waals surface area contributed by atoms with Crippen LogP contribution >= 0.6 is 12.4 Å². The Morgan fingerprint density at radius 1 is 1.33 bits per heavy atom. The van der Waals surface area contributed by atoms with Gasteiger partial charge in [0.2, 0.25) is 5.91 Å². The molecule has 21 heavy (non-hydrogen) atoms. The molecule has 0 aromatic heterocycles. The van der Waals surface area contributed by atoms with Gasteiger partial charge in [-0.25, -0.2) is 0 Å². The molecule has 2 rings (SSSR count). The van der Waals surface area contributed by atoms with Gasteiger partial charge >= 0.3 is 0 Å². The molecular weight excluding hydrogens is 284 g/mol. The van der Waals surface area contributed by atoms with Gasteiger partial charge in [0.1, 0.15) is 0 Å². The van der Waals surface area contributed by atoms with Crippen molar-refractivity contribution >= 4 is 18.3 Å². The lowest BCUT2D eigenvalue weighted by Crippen LogP contribution is -2.37. The van der Waals surface area contributed by atoms with E-state index in [1.807, 2.05) is 23.1 Å². The Morgan fingerprint density at radius 3 is 2.62 bits per heavy atom. The summed E-state index contributed by atoms with van der Waals surface area (Å²) in [4.78, 5) is 14.4. The molecule has 0 saturated heterocycles. The van der Waals surface area contributed by atoms with Gasteiger partial charge in [0.15, 0.2) is 0 Å². The maximum atomic E-state index is 12.5. The molecule has 0 heterocycles. The van der Waals surface area contributed by atoms with E-state index in [4.69, 9.17) is 5.73 Å². The van der Waals surface area contributed by atoms with E-state index in [1.54, 1.807) is 6.08 Å². The largest absolute Gasteiger partial charge is 0.338 e. The first-order valence-electron chi connectivity index (χ1n) is 7.40. The molecular formula is C17H25ClN2O. The minimum atomic E-state index is 0. The molecule has 2 atom stereocenters. The van der Waals surface area contributed by atoms with Crippen LogP contribution in [0.15, 0.2) is 43.0 Å². The van der Waals surface area contributed by atoms with Crippen LogP contribution in [0.1, 0.15) is 24.8 Å². The Labute approximate surface area is 133 Å². The maximum absolute atomic E-state index is 12.5. The van der Waals surface area contributed by atoms with Gasteiger partial charge in [-0.15, -0.1) is 19.0 Å². The standard InChI is InChI=1S/C17H24N2O.ClH/c1-2-11-19(12-10-14-6-4-3-5-7-14)17(20)15-8-9-16(18)13-15;/h2-7,15-16H,1,8-13,18H2;1H. The van der Waals surface area contributed by atoms with Gasteiger partial charge in [0.05, 0.1) is 0 Å². The van der Waals surface area contributed by atoms with Gasteiger partial charge < -0.3 is 10.6 Å². The molecule has 116 valence electrons. The van der Waals surface area contributed by atoms with Crippen LogP contribution in [0.3, 0.4) is 0 Å². The maximum Gasteiger partial charge on any atom is 0.226 e. The molecule has 1 amide bonds. The van der Waals surface area contributed by atoms with Crippen molar-refractivity contribution in [2.45, 2.75) is 31.7 Å². The van der Waals surface area contributed by atoms with Gasteiger partial charge in [-0.2, -0.15) is 0 Å². The second kappa shape index (κ2) is 8.85. The number of amides is 1. The van der Waals surface area contributed by atoms with Crippen LogP contribution in [0, 0.1) is 5.92 Å². The molecule has 1 aliphatic carbocycles. The molecule has 0 spiro atoms. The van der Waals surface area contributed by atoms with Crippen LogP contribution in [0.4, 0.5) is 0 Å². The zero-order valence-corrected chi connectivity index (χ0v) is 13.2. The Balaban J connectivity index is 0.00000220. The average Bonchev–Trinajstić information content (AvgIpc) is 2.90. The Kier molecular flexibility index (Phi) is 7.48. The van der Waals surface area contributed by atoms with E-state index < -0.39 is 0 Å². The molecule has 1 aromatic carbocycles. The fourth-order valence-electron chi connectivity index (χ4n) is 2.85. The number of nitrogens with two attached hydrogens (primary N) is 1. The highest BCUT2D eigenvalue weighted by Gasteiger charge is 2.30. The van der Waals surface area contributed by atoms with Crippen molar-refractivity contribution in [1.82, 2.24) is 4.90 Å². The lowest BCUT2D eigenvalue weighted by Gasteiger charge is -2.24. The Hall–Kier alpha value is -1.32. The van der Waals surface area contributed by atoms with E-state index in [0.717, 1.165) is 32.2 Å².